The van der Waals surface area contributed by atoms with Crippen LogP contribution in [0.25, 0.3) is 0 Å². The molecular formula is C16H22ClNO5S. The fraction of sp³-hybridized carbons (Fsp3) is 0.500. The summed E-state index contributed by atoms with van der Waals surface area (Å²) in [5.41, 5.74) is -1.39. The lowest BCUT2D eigenvalue weighted by molar-refractivity contribution is -0.148. The molecule has 0 aliphatic heterocycles. The molecule has 1 rings (SSSR count). The number of amides is 1. The maximum atomic E-state index is 12.2. The summed E-state index contributed by atoms with van der Waals surface area (Å²) in [6.45, 7) is 6.05. The van der Waals surface area contributed by atoms with Gasteiger partial charge in [-0.05, 0) is 44.9 Å². The summed E-state index contributed by atoms with van der Waals surface area (Å²) < 4.78 is 23.2. The molecule has 1 aromatic rings. The first-order valence-electron chi connectivity index (χ1n) is 7.38. The fourth-order valence-electron chi connectivity index (χ4n) is 2.09. The highest BCUT2D eigenvalue weighted by Gasteiger charge is 2.42. The van der Waals surface area contributed by atoms with Gasteiger partial charge in [-0.15, -0.1) is 0 Å². The van der Waals surface area contributed by atoms with E-state index in [-0.39, 0.29) is 6.42 Å². The lowest BCUT2D eigenvalue weighted by atomic mass is 9.87. The Bertz CT molecular complexity index is 722. The van der Waals surface area contributed by atoms with Crippen molar-refractivity contribution >= 4 is 33.3 Å². The number of benzene rings is 1. The second kappa shape index (κ2) is 7.11. The highest BCUT2D eigenvalue weighted by molar-refractivity contribution is 7.93. The quantitative estimate of drug-likeness (QED) is 0.794. The second-order valence-electron chi connectivity index (χ2n) is 6.49. The summed E-state index contributed by atoms with van der Waals surface area (Å²) in [4.78, 5) is 24.1. The Morgan fingerprint density at radius 2 is 1.67 bits per heavy atom. The van der Waals surface area contributed by atoms with Gasteiger partial charge in [0.15, 0.2) is 15.4 Å². The molecule has 0 aromatic heterocycles. The largest absolute Gasteiger partial charge is 0.479 e. The molecule has 0 saturated heterocycles. The van der Waals surface area contributed by atoms with E-state index in [4.69, 9.17) is 11.6 Å². The number of carboxylic acid groups (broad SMARTS) is 1. The smallest absolute Gasteiger partial charge is 0.334 e. The molecule has 1 unspecified atom stereocenters. The van der Waals surface area contributed by atoms with Gasteiger partial charge in [0.25, 0.3) is 0 Å². The van der Waals surface area contributed by atoms with E-state index in [1.165, 1.54) is 45.0 Å². The van der Waals surface area contributed by atoms with E-state index >= 15 is 0 Å². The molecule has 1 aromatic carbocycles. The van der Waals surface area contributed by atoms with E-state index in [0.717, 1.165) is 0 Å². The lowest BCUT2D eigenvalue weighted by Gasteiger charge is -2.30. The monoisotopic (exact) mass is 375 g/mol. The Morgan fingerprint density at radius 1 is 1.17 bits per heavy atom. The number of halogens is 1. The standard InChI is InChI=1S/C16H22ClNO5S/c1-5-16(14(20)21,11-6-8-12(17)9-7-11)18-13(19)10-24(22,23)15(2,3)4/h6-9H,5,10H2,1-4H3,(H,18,19)(H,20,21). The third-order valence-corrected chi connectivity index (χ3v) is 6.60. The van der Waals surface area contributed by atoms with Crippen LogP contribution in [0, 0.1) is 0 Å². The fourth-order valence-corrected chi connectivity index (χ4v) is 3.07. The average molecular weight is 376 g/mol. The van der Waals surface area contributed by atoms with Gasteiger partial charge in [0.05, 0.1) is 4.75 Å². The van der Waals surface area contributed by atoms with Gasteiger partial charge in [-0.25, -0.2) is 13.2 Å². The third-order valence-electron chi connectivity index (χ3n) is 3.84. The zero-order valence-electron chi connectivity index (χ0n) is 14.1. The molecule has 0 aliphatic carbocycles. The minimum Gasteiger partial charge on any atom is -0.479 e. The lowest BCUT2D eigenvalue weighted by Crippen LogP contribution is -2.53. The summed E-state index contributed by atoms with van der Waals surface area (Å²) in [6.07, 6.45) is 0.0469. The molecule has 1 amide bonds. The number of carboxylic acids is 1. The zero-order valence-corrected chi connectivity index (χ0v) is 15.7. The molecular weight excluding hydrogens is 354 g/mol. The van der Waals surface area contributed by atoms with Gasteiger partial charge in [-0.1, -0.05) is 30.7 Å². The van der Waals surface area contributed by atoms with Crippen molar-refractivity contribution in [2.45, 2.75) is 44.4 Å². The van der Waals surface area contributed by atoms with E-state index < -0.39 is 37.8 Å². The Hall–Kier alpha value is -1.60. The van der Waals surface area contributed by atoms with Crippen LogP contribution in [0.5, 0.6) is 0 Å². The van der Waals surface area contributed by atoms with Crippen LogP contribution in [0.1, 0.15) is 39.7 Å². The van der Waals surface area contributed by atoms with Crippen LogP contribution < -0.4 is 5.32 Å². The molecule has 0 bridgehead atoms. The molecule has 0 radical (unpaired) electrons. The summed E-state index contributed by atoms with van der Waals surface area (Å²) in [5, 5.41) is 12.5. The predicted molar refractivity (Wildman–Crippen MR) is 92.7 cm³/mol. The molecule has 1 atom stereocenters. The first-order valence-corrected chi connectivity index (χ1v) is 9.41. The van der Waals surface area contributed by atoms with Crippen molar-refractivity contribution in [2.75, 3.05) is 5.75 Å². The van der Waals surface area contributed by atoms with Gasteiger partial charge in [-0.2, -0.15) is 0 Å². The van der Waals surface area contributed by atoms with Crippen LogP contribution >= 0.6 is 11.6 Å². The third kappa shape index (κ3) is 4.27. The first kappa shape index (κ1) is 20.4. The molecule has 8 heteroatoms. The molecule has 0 aliphatic rings. The Balaban J connectivity index is 3.18. The summed E-state index contributed by atoms with van der Waals surface area (Å²) in [7, 11) is -3.72. The zero-order chi connectivity index (χ0) is 18.8. The van der Waals surface area contributed by atoms with Crippen molar-refractivity contribution in [1.82, 2.24) is 5.32 Å². The average Bonchev–Trinajstić information content (AvgIpc) is 2.43. The number of hydrogen-bond donors (Lipinski definition) is 2. The van der Waals surface area contributed by atoms with Gasteiger partial charge >= 0.3 is 5.97 Å². The minimum absolute atomic E-state index is 0.0469. The van der Waals surface area contributed by atoms with Crippen LogP contribution in [0.4, 0.5) is 0 Å². The molecule has 2 N–H and O–H groups in total. The summed E-state index contributed by atoms with van der Waals surface area (Å²) >= 11 is 5.81. The number of rotatable bonds is 6. The predicted octanol–water partition coefficient (Wildman–Crippen LogP) is 2.36. The van der Waals surface area contributed by atoms with Gasteiger partial charge in [-0.3, -0.25) is 4.79 Å². The number of carbonyl (C=O) groups excluding carboxylic acids is 1. The maximum Gasteiger partial charge on any atom is 0.334 e. The van der Waals surface area contributed by atoms with E-state index in [1.54, 1.807) is 6.92 Å². The molecule has 0 saturated carbocycles. The Labute approximate surface area is 147 Å². The number of carbonyl (C=O) groups is 2. The SMILES string of the molecule is CCC(NC(=O)CS(=O)(=O)C(C)(C)C)(C(=O)O)c1ccc(Cl)cc1. The van der Waals surface area contributed by atoms with Gasteiger partial charge in [0.2, 0.25) is 5.91 Å². The van der Waals surface area contributed by atoms with Crippen LogP contribution in [0.15, 0.2) is 24.3 Å². The van der Waals surface area contributed by atoms with E-state index in [9.17, 15) is 23.1 Å². The molecule has 0 spiro atoms. The molecule has 0 fully saturated rings. The van der Waals surface area contributed by atoms with Crippen LogP contribution in [0.3, 0.4) is 0 Å². The molecule has 24 heavy (non-hydrogen) atoms. The van der Waals surface area contributed by atoms with Crippen molar-refractivity contribution in [3.05, 3.63) is 34.9 Å². The molecule has 0 heterocycles. The van der Waals surface area contributed by atoms with Gasteiger partial charge in [0.1, 0.15) is 5.75 Å². The molecule has 134 valence electrons. The second-order valence-corrected chi connectivity index (χ2v) is 9.67. The van der Waals surface area contributed by atoms with Crippen molar-refractivity contribution in [3.8, 4) is 0 Å². The Morgan fingerprint density at radius 3 is 2.04 bits per heavy atom. The number of aliphatic carboxylic acids is 1. The highest BCUT2D eigenvalue weighted by atomic mass is 35.5. The van der Waals surface area contributed by atoms with Crippen molar-refractivity contribution in [1.29, 1.82) is 0 Å². The molecule has 6 nitrogen and oxygen atoms in total. The summed E-state index contributed by atoms with van der Waals surface area (Å²) in [6, 6.07) is 6.03. The number of sulfone groups is 1. The first-order chi connectivity index (χ1) is 10.9. The van der Waals surface area contributed by atoms with Crippen LogP contribution in [-0.4, -0.2) is 35.9 Å². The van der Waals surface area contributed by atoms with Crippen LogP contribution in [0.2, 0.25) is 5.02 Å². The van der Waals surface area contributed by atoms with Gasteiger partial charge < -0.3 is 10.4 Å². The maximum absolute atomic E-state index is 12.2. The van der Waals surface area contributed by atoms with Crippen LogP contribution in [-0.2, 0) is 25.0 Å². The highest BCUT2D eigenvalue weighted by Crippen LogP contribution is 2.27. The summed E-state index contributed by atoms with van der Waals surface area (Å²) in [5.74, 6) is -2.91. The van der Waals surface area contributed by atoms with E-state index in [2.05, 4.69) is 5.32 Å². The Kier molecular flexibility index (Phi) is 6.05. The van der Waals surface area contributed by atoms with Crippen molar-refractivity contribution in [3.63, 3.8) is 0 Å². The van der Waals surface area contributed by atoms with Crippen molar-refractivity contribution < 1.29 is 23.1 Å². The van der Waals surface area contributed by atoms with E-state index in [0.29, 0.717) is 10.6 Å². The number of hydrogen-bond acceptors (Lipinski definition) is 4. The van der Waals surface area contributed by atoms with E-state index in [1.807, 2.05) is 0 Å². The topological polar surface area (TPSA) is 101 Å². The normalized spacial score (nSPS) is 14.7. The minimum atomic E-state index is -3.72. The van der Waals surface area contributed by atoms with Gasteiger partial charge in [0, 0.05) is 5.02 Å². The number of nitrogens with one attached hydrogen (secondary N) is 1. The van der Waals surface area contributed by atoms with Crippen molar-refractivity contribution in [2.24, 2.45) is 0 Å².